The van der Waals surface area contributed by atoms with Crippen molar-refractivity contribution in [2.24, 2.45) is 0 Å². The molecule has 0 bridgehead atoms. The summed E-state index contributed by atoms with van der Waals surface area (Å²) in [6, 6.07) is 27.6. The predicted molar refractivity (Wildman–Crippen MR) is 124 cm³/mol. The van der Waals surface area contributed by atoms with E-state index in [1.54, 1.807) is 0 Å². The van der Waals surface area contributed by atoms with Crippen LogP contribution in [0.2, 0.25) is 0 Å². The Bertz CT molecular complexity index is 875. The van der Waals surface area contributed by atoms with E-state index in [2.05, 4.69) is 10.6 Å². The van der Waals surface area contributed by atoms with Gasteiger partial charge in [-0.05, 0) is 35.4 Å². The van der Waals surface area contributed by atoms with Gasteiger partial charge in [0.05, 0.1) is 11.5 Å². The number of rotatable bonds is 10. The number of benzene rings is 3. The summed E-state index contributed by atoms with van der Waals surface area (Å²) in [6.45, 7) is 0.944. The molecule has 0 aliphatic heterocycles. The van der Waals surface area contributed by atoms with Crippen molar-refractivity contribution in [2.75, 3.05) is 11.5 Å². The van der Waals surface area contributed by atoms with Crippen LogP contribution in [0.25, 0.3) is 0 Å². The second kappa shape index (κ2) is 12.1. The van der Waals surface area contributed by atoms with Crippen molar-refractivity contribution >= 4 is 35.3 Å². The Morgan fingerprint density at radius 1 is 0.600 bits per heavy atom. The SMILES string of the molecule is O=C(CSc1ccccc1)NCc1cccc(CNC(=O)CSc2ccccc2)c1. The first-order valence-corrected chi connectivity index (χ1v) is 11.6. The summed E-state index contributed by atoms with van der Waals surface area (Å²) in [5.41, 5.74) is 2.02. The third-order valence-electron chi connectivity index (χ3n) is 4.20. The molecule has 0 aliphatic carbocycles. The number of amides is 2. The van der Waals surface area contributed by atoms with Crippen molar-refractivity contribution in [3.05, 3.63) is 96.1 Å². The van der Waals surface area contributed by atoms with E-state index < -0.39 is 0 Å². The topological polar surface area (TPSA) is 58.2 Å². The molecule has 2 amide bonds. The van der Waals surface area contributed by atoms with Crippen LogP contribution in [0.5, 0.6) is 0 Å². The zero-order chi connectivity index (χ0) is 21.0. The van der Waals surface area contributed by atoms with E-state index in [1.165, 1.54) is 23.5 Å². The summed E-state index contributed by atoms with van der Waals surface area (Å²) < 4.78 is 0. The van der Waals surface area contributed by atoms with Gasteiger partial charge < -0.3 is 10.6 Å². The third-order valence-corrected chi connectivity index (χ3v) is 6.22. The van der Waals surface area contributed by atoms with E-state index in [0.29, 0.717) is 24.6 Å². The summed E-state index contributed by atoms with van der Waals surface area (Å²) in [4.78, 5) is 26.3. The van der Waals surface area contributed by atoms with Gasteiger partial charge in [-0.3, -0.25) is 9.59 Å². The van der Waals surface area contributed by atoms with Crippen molar-refractivity contribution in [3.8, 4) is 0 Å². The van der Waals surface area contributed by atoms with Crippen LogP contribution in [0.15, 0.2) is 94.7 Å². The number of carbonyl (C=O) groups is 2. The summed E-state index contributed by atoms with van der Waals surface area (Å²) in [5, 5.41) is 5.90. The van der Waals surface area contributed by atoms with E-state index >= 15 is 0 Å². The van der Waals surface area contributed by atoms with Crippen LogP contribution >= 0.6 is 23.5 Å². The smallest absolute Gasteiger partial charge is 0.230 e. The van der Waals surface area contributed by atoms with Crippen molar-refractivity contribution in [3.63, 3.8) is 0 Å². The van der Waals surface area contributed by atoms with E-state index in [1.807, 2.05) is 84.9 Å². The lowest BCUT2D eigenvalue weighted by Crippen LogP contribution is -2.25. The minimum atomic E-state index is 0.000459. The lowest BCUT2D eigenvalue weighted by Gasteiger charge is -2.09. The maximum atomic E-state index is 12.1. The van der Waals surface area contributed by atoms with Crippen molar-refractivity contribution in [1.82, 2.24) is 10.6 Å². The molecule has 0 heterocycles. The molecule has 0 saturated heterocycles. The second-order valence-electron chi connectivity index (χ2n) is 6.58. The van der Waals surface area contributed by atoms with Crippen LogP contribution in [0.1, 0.15) is 11.1 Å². The number of carbonyl (C=O) groups excluding carboxylic acids is 2. The zero-order valence-electron chi connectivity index (χ0n) is 16.5. The second-order valence-corrected chi connectivity index (χ2v) is 8.67. The van der Waals surface area contributed by atoms with Crippen LogP contribution in [0, 0.1) is 0 Å². The molecule has 0 unspecified atom stereocenters. The minimum absolute atomic E-state index is 0.000459. The third kappa shape index (κ3) is 7.97. The maximum absolute atomic E-state index is 12.1. The van der Waals surface area contributed by atoms with Gasteiger partial charge in [0.1, 0.15) is 0 Å². The maximum Gasteiger partial charge on any atom is 0.230 e. The average molecular weight is 437 g/mol. The molecule has 3 aromatic rings. The molecule has 154 valence electrons. The number of thioether (sulfide) groups is 2. The van der Waals surface area contributed by atoms with Gasteiger partial charge in [0.15, 0.2) is 0 Å². The van der Waals surface area contributed by atoms with E-state index in [4.69, 9.17) is 0 Å². The van der Waals surface area contributed by atoms with E-state index in [-0.39, 0.29) is 11.8 Å². The zero-order valence-corrected chi connectivity index (χ0v) is 18.2. The van der Waals surface area contributed by atoms with Gasteiger partial charge in [-0.2, -0.15) is 0 Å². The highest BCUT2D eigenvalue weighted by molar-refractivity contribution is 8.00. The molecule has 0 saturated carbocycles. The molecule has 30 heavy (non-hydrogen) atoms. The fraction of sp³-hybridized carbons (Fsp3) is 0.167. The normalized spacial score (nSPS) is 10.4. The fourth-order valence-corrected chi connectivity index (χ4v) is 4.18. The standard InChI is InChI=1S/C24H24N2O2S2/c27-23(17-29-21-10-3-1-4-11-21)25-15-19-8-7-9-20(14-19)16-26-24(28)18-30-22-12-5-2-6-13-22/h1-14H,15-18H2,(H,25,27)(H,26,28). The van der Waals surface area contributed by atoms with Gasteiger partial charge in [-0.15, -0.1) is 23.5 Å². The Morgan fingerprint density at radius 2 is 1.03 bits per heavy atom. The summed E-state index contributed by atoms with van der Waals surface area (Å²) >= 11 is 3.04. The number of nitrogens with one attached hydrogen (secondary N) is 2. The quantitative estimate of drug-likeness (QED) is 0.459. The molecule has 3 rings (SSSR count). The van der Waals surface area contributed by atoms with Gasteiger partial charge in [-0.1, -0.05) is 60.7 Å². The molecule has 0 aliphatic rings. The molecular formula is C24H24N2O2S2. The molecule has 0 fully saturated rings. The van der Waals surface area contributed by atoms with Crippen LogP contribution < -0.4 is 10.6 Å². The van der Waals surface area contributed by atoms with E-state index in [0.717, 1.165) is 20.9 Å². The molecule has 6 heteroatoms. The molecule has 4 nitrogen and oxygen atoms in total. The van der Waals surface area contributed by atoms with Crippen LogP contribution in [0.3, 0.4) is 0 Å². The van der Waals surface area contributed by atoms with E-state index in [9.17, 15) is 9.59 Å². The molecule has 0 aromatic heterocycles. The van der Waals surface area contributed by atoms with Gasteiger partial charge >= 0.3 is 0 Å². The Hall–Kier alpha value is -2.70. The number of hydrogen-bond acceptors (Lipinski definition) is 4. The largest absolute Gasteiger partial charge is 0.351 e. The van der Waals surface area contributed by atoms with Gasteiger partial charge in [-0.25, -0.2) is 0 Å². The van der Waals surface area contributed by atoms with Gasteiger partial charge in [0.2, 0.25) is 11.8 Å². The monoisotopic (exact) mass is 436 g/mol. The molecule has 0 radical (unpaired) electrons. The lowest BCUT2D eigenvalue weighted by molar-refractivity contribution is -0.119. The molecule has 2 N–H and O–H groups in total. The first-order chi connectivity index (χ1) is 14.7. The average Bonchev–Trinajstić information content (AvgIpc) is 2.80. The summed E-state index contributed by atoms with van der Waals surface area (Å²) in [5.74, 6) is 0.776. The van der Waals surface area contributed by atoms with Gasteiger partial charge in [0.25, 0.3) is 0 Å². The highest BCUT2D eigenvalue weighted by Crippen LogP contribution is 2.17. The van der Waals surface area contributed by atoms with Crippen molar-refractivity contribution in [2.45, 2.75) is 22.9 Å². The van der Waals surface area contributed by atoms with Crippen LogP contribution in [-0.2, 0) is 22.7 Å². The molecular weight excluding hydrogens is 412 g/mol. The summed E-state index contributed by atoms with van der Waals surface area (Å²) in [7, 11) is 0. The Balaban J connectivity index is 1.38. The first kappa shape index (κ1) is 22.0. The van der Waals surface area contributed by atoms with Crippen LogP contribution in [-0.4, -0.2) is 23.3 Å². The van der Waals surface area contributed by atoms with Crippen molar-refractivity contribution < 1.29 is 9.59 Å². The molecule has 3 aromatic carbocycles. The van der Waals surface area contributed by atoms with Crippen LogP contribution in [0.4, 0.5) is 0 Å². The first-order valence-electron chi connectivity index (χ1n) is 9.66. The fourth-order valence-electron chi connectivity index (χ4n) is 2.68. The number of hydrogen-bond donors (Lipinski definition) is 2. The molecule has 0 spiro atoms. The molecule has 0 atom stereocenters. The Morgan fingerprint density at radius 3 is 1.47 bits per heavy atom. The highest BCUT2D eigenvalue weighted by Gasteiger charge is 2.05. The Labute approximate surface area is 185 Å². The predicted octanol–water partition coefficient (Wildman–Crippen LogP) is 4.50. The lowest BCUT2D eigenvalue weighted by atomic mass is 10.1. The minimum Gasteiger partial charge on any atom is -0.351 e. The Kier molecular flexibility index (Phi) is 8.87. The highest BCUT2D eigenvalue weighted by atomic mass is 32.2. The van der Waals surface area contributed by atoms with Gasteiger partial charge in [0, 0.05) is 22.9 Å². The van der Waals surface area contributed by atoms with Crippen molar-refractivity contribution in [1.29, 1.82) is 0 Å². The summed E-state index contributed by atoms with van der Waals surface area (Å²) in [6.07, 6.45) is 0.